The second-order valence-corrected chi connectivity index (χ2v) is 3.59. The summed E-state index contributed by atoms with van der Waals surface area (Å²) in [4.78, 5) is 0. The molecule has 1 aromatic rings. The Balaban J connectivity index is 0.000000261. The highest BCUT2D eigenvalue weighted by atomic mass is 32.8. The van der Waals surface area contributed by atoms with Gasteiger partial charge in [0.05, 0.1) is 0 Å². The maximum atomic E-state index is 8.93. The maximum absolute atomic E-state index is 8.93. The number of rotatable bonds is 0. The molecule has 1 N–H and O–H groups in total. The van der Waals surface area contributed by atoms with E-state index in [4.69, 9.17) is 8.76 Å². The van der Waals surface area contributed by atoms with Crippen LogP contribution in [0.15, 0.2) is 24.3 Å². The fourth-order valence-electron chi connectivity index (χ4n) is 0.663. The molecule has 0 unspecified atom stereocenters. The van der Waals surface area contributed by atoms with Gasteiger partial charge in [0.25, 0.3) is 0 Å². The van der Waals surface area contributed by atoms with Gasteiger partial charge in [-0.2, -0.15) is 0 Å². The SMILES string of the molecule is Cc1ccccc1C.O=[S-](O)=S. The monoisotopic (exact) mass is 203 g/mol. The molecule has 1 rings (SSSR count). The number of aryl methyl sites for hydroxylation is 2. The molecule has 0 amide bonds. The summed E-state index contributed by atoms with van der Waals surface area (Å²) < 4.78 is 16.3. The van der Waals surface area contributed by atoms with Crippen LogP contribution in [0.1, 0.15) is 11.1 Å². The van der Waals surface area contributed by atoms with Gasteiger partial charge in [-0.05, 0) is 25.0 Å². The van der Waals surface area contributed by atoms with Gasteiger partial charge < -0.3 is 8.76 Å². The number of benzene rings is 1. The molecule has 0 aliphatic heterocycles. The van der Waals surface area contributed by atoms with E-state index in [9.17, 15) is 0 Å². The molecule has 0 spiro atoms. The summed E-state index contributed by atoms with van der Waals surface area (Å²) in [7, 11) is -2.03. The lowest BCUT2D eigenvalue weighted by Crippen LogP contribution is -1.74. The maximum Gasteiger partial charge on any atom is -0.0395 e. The van der Waals surface area contributed by atoms with E-state index in [-0.39, 0.29) is 0 Å². The molecule has 0 saturated heterocycles. The summed E-state index contributed by atoms with van der Waals surface area (Å²) in [6.07, 6.45) is 0. The van der Waals surface area contributed by atoms with Gasteiger partial charge in [0, 0.05) is 0 Å². The van der Waals surface area contributed by atoms with Crippen molar-refractivity contribution in [3.63, 3.8) is 0 Å². The molecule has 2 nitrogen and oxygen atoms in total. The van der Waals surface area contributed by atoms with Crippen LogP contribution >= 0.6 is 0 Å². The highest BCUT2D eigenvalue weighted by Crippen LogP contribution is 2.02. The predicted octanol–water partition coefficient (Wildman–Crippen LogP) is 2.19. The van der Waals surface area contributed by atoms with Crippen LogP contribution in [0.25, 0.3) is 0 Å². The van der Waals surface area contributed by atoms with E-state index < -0.39 is 9.64 Å². The van der Waals surface area contributed by atoms with Crippen molar-refractivity contribution in [1.29, 1.82) is 0 Å². The average Bonchev–Trinajstić information content (AvgIpc) is 1.94. The van der Waals surface area contributed by atoms with Gasteiger partial charge in [-0.1, -0.05) is 33.9 Å². The number of hydrogen-bond donors (Lipinski definition) is 1. The van der Waals surface area contributed by atoms with Gasteiger partial charge in [0.15, 0.2) is 0 Å². The average molecular weight is 203 g/mol. The highest BCUT2D eigenvalue weighted by molar-refractivity contribution is 8.18. The fourth-order valence-corrected chi connectivity index (χ4v) is 0.663. The van der Waals surface area contributed by atoms with E-state index in [0.29, 0.717) is 0 Å². The fraction of sp³-hybridized carbons (Fsp3) is 0.250. The first-order valence-electron chi connectivity index (χ1n) is 3.34. The summed E-state index contributed by atoms with van der Waals surface area (Å²) in [5, 5.41) is 0. The minimum atomic E-state index is -2.03. The third kappa shape index (κ3) is 6.27. The van der Waals surface area contributed by atoms with Crippen molar-refractivity contribution < 1.29 is 8.76 Å². The van der Waals surface area contributed by atoms with E-state index in [2.05, 4.69) is 49.3 Å². The van der Waals surface area contributed by atoms with Crippen LogP contribution < -0.4 is 0 Å². The van der Waals surface area contributed by atoms with Crippen molar-refractivity contribution in [3.8, 4) is 0 Å². The molecule has 1 aromatic carbocycles. The molecule has 0 atom stereocenters. The topological polar surface area (TPSA) is 37.3 Å². The van der Waals surface area contributed by atoms with Gasteiger partial charge in [-0.25, -0.2) is 11.2 Å². The first kappa shape index (κ1) is 11.6. The van der Waals surface area contributed by atoms with Gasteiger partial charge in [-0.3, -0.25) is 0 Å². The molecular weight excluding hydrogens is 192 g/mol. The molecule has 0 aliphatic rings. The normalized spacial score (nSPS) is 9.00. The largest absolute Gasteiger partial charge is 0.459 e. The molecule has 0 aromatic heterocycles. The lowest BCUT2D eigenvalue weighted by Gasteiger charge is -1.93. The zero-order valence-electron chi connectivity index (χ0n) is 6.98. The van der Waals surface area contributed by atoms with Crippen LogP contribution in [-0.4, -0.2) is 4.55 Å². The summed E-state index contributed by atoms with van der Waals surface area (Å²) in [5.41, 5.74) is 2.74. The summed E-state index contributed by atoms with van der Waals surface area (Å²) in [6, 6.07) is 8.36. The van der Waals surface area contributed by atoms with E-state index in [1.165, 1.54) is 11.1 Å². The summed E-state index contributed by atoms with van der Waals surface area (Å²) >= 11 is 3.65. The second-order valence-electron chi connectivity index (χ2n) is 2.30. The van der Waals surface area contributed by atoms with E-state index in [0.717, 1.165) is 0 Å². The van der Waals surface area contributed by atoms with Crippen LogP contribution in [0.5, 0.6) is 0 Å². The third-order valence-corrected chi connectivity index (χ3v) is 1.43. The molecule has 0 saturated carbocycles. The molecule has 12 heavy (non-hydrogen) atoms. The van der Waals surface area contributed by atoms with Crippen LogP contribution in [0, 0.1) is 13.8 Å². The first-order chi connectivity index (χ1) is 5.54. The smallest absolute Gasteiger partial charge is 0.0395 e. The Labute approximate surface area is 79.2 Å². The molecule has 0 radical (unpaired) electrons. The van der Waals surface area contributed by atoms with Gasteiger partial charge in [0.1, 0.15) is 0 Å². The van der Waals surface area contributed by atoms with Crippen molar-refractivity contribution in [2.24, 2.45) is 0 Å². The summed E-state index contributed by atoms with van der Waals surface area (Å²) in [6.45, 7) is 4.24. The van der Waals surface area contributed by atoms with Crippen LogP contribution in [0.4, 0.5) is 0 Å². The van der Waals surface area contributed by atoms with Crippen molar-refractivity contribution in [2.45, 2.75) is 13.8 Å². The van der Waals surface area contributed by atoms with Crippen LogP contribution in [0.2, 0.25) is 0 Å². The Kier molecular flexibility index (Phi) is 5.88. The molecule has 0 aliphatic carbocycles. The zero-order valence-corrected chi connectivity index (χ0v) is 8.61. The molecule has 0 heterocycles. The van der Waals surface area contributed by atoms with E-state index in [1.54, 1.807) is 0 Å². The molecule has 68 valence electrons. The third-order valence-electron chi connectivity index (χ3n) is 1.43. The Hall–Kier alpha value is -0.450. The Morgan fingerprint density at radius 1 is 1.25 bits per heavy atom. The Morgan fingerprint density at radius 2 is 1.50 bits per heavy atom. The highest BCUT2D eigenvalue weighted by Gasteiger charge is 1.83. The first-order valence-corrected chi connectivity index (χ1v) is 5.38. The van der Waals surface area contributed by atoms with Crippen molar-refractivity contribution in [2.75, 3.05) is 0 Å². The second kappa shape index (κ2) is 6.11. The standard InChI is InChI=1S/C8H10.HO2S2/c1-7-5-3-4-6-8(7)2;1-4(2)3/h3-6H,1-2H3;(H,1,2,3)/q;-1. The minimum Gasteiger partial charge on any atom is -0.459 e. The van der Waals surface area contributed by atoms with Gasteiger partial charge in [0.2, 0.25) is 0 Å². The quantitative estimate of drug-likeness (QED) is 0.519. The molecule has 0 fully saturated rings. The molecule has 0 bridgehead atoms. The minimum absolute atomic E-state index is 1.37. The molecule has 4 heteroatoms. The number of hydrogen-bond acceptors (Lipinski definition) is 3. The van der Waals surface area contributed by atoms with Crippen LogP contribution in [-0.2, 0) is 25.0 Å². The lowest BCUT2D eigenvalue weighted by molar-refractivity contribution is 0.536. The Bertz CT molecular complexity index is 277. The van der Waals surface area contributed by atoms with Gasteiger partial charge >= 0.3 is 0 Å². The van der Waals surface area contributed by atoms with Crippen molar-refractivity contribution in [1.82, 2.24) is 0 Å². The van der Waals surface area contributed by atoms with E-state index in [1.807, 2.05) is 0 Å². The van der Waals surface area contributed by atoms with E-state index >= 15 is 0 Å². The summed E-state index contributed by atoms with van der Waals surface area (Å²) in [5.74, 6) is 0. The zero-order chi connectivity index (χ0) is 9.56. The molecular formula is C8H11O2S2-. The predicted molar refractivity (Wildman–Crippen MR) is 54.0 cm³/mol. The van der Waals surface area contributed by atoms with Crippen molar-refractivity contribution >= 4 is 20.8 Å². The van der Waals surface area contributed by atoms with Gasteiger partial charge in [-0.15, -0.1) is 0 Å². The Morgan fingerprint density at radius 3 is 1.67 bits per heavy atom. The van der Waals surface area contributed by atoms with Crippen molar-refractivity contribution in [3.05, 3.63) is 35.4 Å². The lowest BCUT2D eigenvalue weighted by atomic mass is 10.1. The van der Waals surface area contributed by atoms with Crippen LogP contribution in [0.3, 0.4) is 0 Å².